The second-order valence-corrected chi connectivity index (χ2v) is 8.46. The molecule has 6 rings (SSSR count). The lowest BCUT2D eigenvalue weighted by Gasteiger charge is -2.21. The van der Waals surface area contributed by atoms with E-state index in [4.69, 9.17) is 4.74 Å². The Morgan fingerprint density at radius 1 is 0.765 bits per heavy atom. The smallest absolute Gasteiger partial charge is 0.198 e. The number of ketones is 2. The second kappa shape index (κ2) is 8.16. The molecule has 4 heteroatoms. The van der Waals surface area contributed by atoms with Gasteiger partial charge in [-0.1, -0.05) is 54.6 Å². The SMILES string of the molecule is O=C1C(=C2C=C(c3ccc(NC4=CC=CCC4)cc3)Oc3ccccc32)C(=O)c2ccccc21. The minimum atomic E-state index is -0.239. The van der Waals surface area contributed by atoms with Crippen molar-refractivity contribution >= 4 is 28.6 Å². The van der Waals surface area contributed by atoms with Gasteiger partial charge in [0.05, 0.1) is 5.57 Å². The van der Waals surface area contributed by atoms with Crippen molar-refractivity contribution in [3.05, 3.63) is 131 Å². The number of para-hydroxylation sites is 1. The van der Waals surface area contributed by atoms with E-state index < -0.39 is 0 Å². The van der Waals surface area contributed by atoms with Crippen molar-refractivity contribution in [2.75, 3.05) is 5.32 Å². The summed E-state index contributed by atoms with van der Waals surface area (Å²) in [6.45, 7) is 0. The van der Waals surface area contributed by atoms with Gasteiger partial charge in [-0.05, 0) is 55.3 Å². The molecule has 0 unspecified atom stereocenters. The standard InChI is InChI=1S/C30H21NO3/c32-29-23-11-4-5-12-24(23)30(33)28(29)25-18-27(34-26-13-7-6-10-22(25)26)19-14-16-21(17-15-19)31-20-8-2-1-3-9-20/h1-2,4-8,10-18,31H,3,9H2. The highest BCUT2D eigenvalue weighted by molar-refractivity contribution is 6.43. The number of benzene rings is 3. The van der Waals surface area contributed by atoms with Crippen molar-refractivity contribution in [2.24, 2.45) is 0 Å². The first kappa shape index (κ1) is 20.2. The van der Waals surface area contributed by atoms with Gasteiger partial charge in [0.25, 0.3) is 0 Å². The van der Waals surface area contributed by atoms with E-state index in [1.807, 2.05) is 54.6 Å². The largest absolute Gasteiger partial charge is 0.456 e. The number of nitrogens with one attached hydrogen (secondary N) is 1. The molecule has 0 spiro atoms. The van der Waals surface area contributed by atoms with E-state index in [-0.39, 0.29) is 17.1 Å². The Kier molecular flexibility index (Phi) is 4.84. The van der Waals surface area contributed by atoms with Crippen LogP contribution in [0.5, 0.6) is 5.75 Å². The van der Waals surface area contributed by atoms with Gasteiger partial charge in [-0.2, -0.15) is 0 Å². The molecule has 0 amide bonds. The van der Waals surface area contributed by atoms with E-state index >= 15 is 0 Å². The van der Waals surface area contributed by atoms with Crippen molar-refractivity contribution in [2.45, 2.75) is 12.8 Å². The molecule has 0 saturated heterocycles. The Balaban J connectivity index is 1.41. The zero-order valence-electron chi connectivity index (χ0n) is 18.4. The fraction of sp³-hybridized carbons (Fsp3) is 0.0667. The van der Waals surface area contributed by atoms with Crippen molar-refractivity contribution in [3.63, 3.8) is 0 Å². The van der Waals surface area contributed by atoms with Crippen LogP contribution in [0.1, 0.15) is 44.7 Å². The molecule has 3 aromatic carbocycles. The maximum atomic E-state index is 13.2. The fourth-order valence-electron chi connectivity index (χ4n) is 4.59. The van der Waals surface area contributed by atoms with Gasteiger partial charge in [0.1, 0.15) is 11.5 Å². The minimum Gasteiger partial charge on any atom is -0.456 e. The number of hydrogen-bond acceptors (Lipinski definition) is 4. The zero-order valence-corrected chi connectivity index (χ0v) is 18.4. The lowest BCUT2D eigenvalue weighted by molar-refractivity contribution is 0.0990. The molecule has 34 heavy (non-hydrogen) atoms. The van der Waals surface area contributed by atoms with Crippen molar-refractivity contribution in [1.29, 1.82) is 0 Å². The highest BCUT2D eigenvalue weighted by Crippen LogP contribution is 2.41. The third kappa shape index (κ3) is 3.41. The molecule has 0 radical (unpaired) electrons. The summed E-state index contributed by atoms with van der Waals surface area (Å²) in [6.07, 6.45) is 10.2. The highest BCUT2D eigenvalue weighted by atomic mass is 16.5. The molecule has 0 bridgehead atoms. The molecular formula is C30H21NO3. The Bertz CT molecular complexity index is 1430. The van der Waals surface area contributed by atoms with Crippen molar-refractivity contribution in [3.8, 4) is 5.75 Å². The number of carbonyl (C=O) groups is 2. The molecule has 1 heterocycles. The first-order chi connectivity index (χ1) is 16.7. The molecule has 1 aliphatic heterocycles. The molecule has 3 aromatic rings. The quantitative estimate of drug-likeness (QED) is 0.366. The number of fused-ring (bicyclic) bond motifs is 2. The van der Waals surface area contributed by atoms with Crippen LogP contribution in [0.25, 0.3) is 11.3 Å². The van der Waals surface area contributed by atoms with Gasteiger partial charge in [0.2, 0.25) is 0 Å². The maximum absolute atomic E-state index is 13.2. The summed E-state index contributed by atoms with van der Waals surface area (Å²) in [5, 5.41) is 3.45. The van der Waals surface area contributed by atoms with Crippen LogP contribution in [-0.2, 0) is 0 Å². The van der Waals surface area contributed by atoms with E-state index in [9.17, 15) is 9.59 Å². The van der Waals surface area contributed by atoms with Crippen LogP contribution >= 0.6 is 0 Å². The average molecular weight is 444 g/mol. The monoisotopic (exact) mass is 443 g/mol. The number of rotatable bonds is 3. The Morgan fingerprint density at radius 2 is 1.44 bits per heavy atom. The van der Waals surface area contributed by atoms with Gasteiger partial charge < -0.3 is 10.1 Å². The summed E-state index contributed by atoms with van der Waals surface area (Å²) in [7, 11) is 0. The third-order valence-corrected chi connectivity index (χ3v) is 6.30. The Morgan fingerprint density at radius 3 is 2.12 bits per heavy atom. The lowest BCUT2D eigenvalue weighted by atomic mass is 9.92. The number of Topliss-reactive ketones (excluding diaryl/α,β-unsaturated/α-hetero) is 2. The number of carbonyl (C=O) groups excluding carboxylic acids is 2. The molecule has 2 aliphatic carbocycles. The maximum Gasteiger partial charge on any atom is 0.198 e. The number of anilines is 1. The van der Waals surface area contributed by atoms with Gasteiger partial charge in [-0.25, -0.2) is 0 Å². The van der Waals surface area contributed by atoms with Crippen LogP contribution in [0.4, 0.5) is 5.69 Å². The van der Waals surface area contributed by atoms with Crippen molar-refractivity contribution in [1.82, 2.24) is 0 Å². The number of hydrogen-bond donors (Lipinski definition) is 1. The predicted molar refractivity (Wildman–Crippen MR) is 134 cm³/mol. The summed E-state index contributed by atoms with van der Waals surface area (Å²) in [4.78, 5) is 26.5. The van der Waals surface area contributed by atoms with Gasteiger partial charge in [0.15, 0.2) is 11.6 Å². The number of ether oxygens (including phenoxy) is 1. The molecule has 0 aromatic heterocycles. The van der Waals surface area contributed by atoms with Crippen LogP contribution in [0.3, 0.4) is 0 Å². The summed E-state index contributed by atoms with van der Waals surface area (Å²) in [5.74, 6) is 0.749. The minimum absolute atomic E-state index is 0.199. The molecule has 164 valence electrons. The molecule has 4 nitrogen and oxygen atoms in total. The predicted octanol–water partition coefficient (Wildman–Crippen LogP) is 6.60. The summed E-state index contributed by atoms with van der Waals surface area (Å²) in [5.41, 5.74) is 5.50. The molecule has 1 N–H and O–H groups in total. The second-order valence-electron chi connectivity index (χ2n) is 8.46. The molecule has 0 atom stereocenters. The normalized spacial score (nSPS) is 16.5. The van der Waals surface area contributed by atoms with Crippen LogP contribution in [0.15, 0.2) is 108 Å². The first-order valence-electron chi connectivity index (χ1n) is 11.3. The fourth-order valence-corrected chi connectivity index (χ4v) is 4.59. The average Bonchev–Trinajstić information content (AvgIpc) is 3.14. The summed E-state index contributed by atoms with van der Waals surface area (Å²) < 4.78 is 6.21. The van der Waals surface area contributed by atoms with Gasteiger partial charge in [-0.3, -0.25) is 9.59 Å². The molecular weight excluding hydrogens is 422 g/mol. The molecule has 0 saturated carbocycles. The Hall–Kier alpha value is -4.44. The number of allylic oxidation sites excluding steroid dienone is 7. The Labute approximate surface area is 197 Å². The summed E-state index contributed by atoms with van der Waals surface area (Å²) >= 11 is 0. The van der Waals surface area contributed by atoms with Gasteiger partial charge in [0, 0.05) is 39.2 Å². The zero-order chi connectivity index (χ0) is 23.1. The van der Waals surface area contributed by atoms with Crippen LogP contribution in [0.2, 0.25) is 0 Å². The van der Waals surface area contributed by atoms with Gasteiger partial charge in [-0.15, -0.1) is 0 Å². The van der Waals surface area contributed by atoms with E-state index in [1.165, 1.54) is 5.70 Å². The van der Waals surface area contributed by atoms with Crippen LogP contribution < -0.4 is 10.1 Å². The third-order valence-electron chi connectivity index (χ3n) is 6.30. The topological polar surface area (TPSA) is 55.4 Å². The highest BCUT2D eigenvalue weighted by Gasteiger charge is 2.36. The first-order valence-corrected chi connectivity index (χ1v) is 11.3. The lowest BCUT2D eigenvalue weighted by Crippen LogP contribution is -2.10. The van der Waals surface area contributed by atoms with E-state index in [0.717, 1.165) is 29.7 Å². The van der Waals surface area contributed by atoms with Crippen LogP contribution in [-0.4, -0.2) is 11.6 Å². The van der Waals surface area contributed by atoms with E-state index in [2.05, 4.69) is 23.5 Å². The summed E-state index contributed by atoms with van der Waals surface area (Å²) in [6, 6.07) is 22.5. The van der Waals surface area contributed by atoms with Crippen LogP contribution in [0, 0.1) is 0 Å². The molecule has 3 aliphatic rings. The molecule has 0 fully saturated rings. The van der Waals surface area contributed by atoms with Crippen molar-refractivity contribution < 1.29 is 14.3 Å². The van der Waals surface area contributed by atoms with Gasteiger partial charge >= 0.3 is 0 Å². The van der Waals surface area contributed by atoms with E-state index in [0.29, 0.717) is 28.2 Å². The van der Waals surface area contributed by atoms with E-state index in [1.54, 1.807) is 24.3 Å².